The predicted octanol–water partition coefficient (Wildman–Crippen LogP) is 7.54. The number of aromatic amines is 1. The number of ether oxygens (including phenoxy) is 1. The molecule has 4 nitrogen and oxygen atoms in total. The van der Waals surface area contributed by atoms with Crippen LogP contribution in [0.5, 0.6) is 0 Å². The topological polar surface area (TPSA) is 43.6 Å². The van der Waals surface area contributed by atoms with Crippen molar-refractivity contribution in [3.05, 3.63) is 114 Å². The van der Waals surface area contributed by atoms with Gasteiger partial charge in [-0.3, -0.25) is 0 Å². The molecule has 0 radical (unpaired) electrons. The average molecular weight is 466 g/mol. The summed E-state index contributed by atoms with van der Waals surface area (Å²) in [5, 5.41) is 6.39. The second kappa shape index (κ2) is 6.68. The summed E-state index contributed by atoms with van der Waals surface area (Å²) in [7, 11) is 0. The van der Waals surface area contributed by atoms with Gasteiger partial charge in [-0.15, -0.1) is 0 Å². The highest BCUT2D eigenvalue weighted by Gasteiger charge is 2.48. The van der Waals surface area contributed by atoms with Crippen molar-refractivity contribution >= 4 is 38.9 Å². The zero-order chi connectivity index (χ0) is 23.4. The predicted molar refractivity (Wildman–Crippen MR) is 146 cm³/mol. The summed E-state index contributed by atoms with van der Waals surface area (Å²) in [5.74, 6) is 0.281. The number of hydrogen-bond acceptors (Lipinski definition) is 3. The van der Waals surface area contributed by atoms with Gasteiger partial charge in [0, 0.05) is 55.8 Å². The van der Waals surface area contributed by atoms with Crippen LogP contribution in [0.4, 0.5) is 17.1 Å². The second-order valence-electron chi connectivity index (χ2n) is 10.2. The molecule has 0 bridgehead atoms. The van der Waals surface area contributed by atoms with E-state index in [9.17, 15) is 0 Å². The Bertz CT molecular complexity index is 1780. The molecule has 5 aromatic rings. The Morgan fingerprint density at radius 1 is 0.722 bits per heavy atom. The van der Waals surface area contributed by atoms with E-state index < -0.39 is 0 Å². The van der Waals surface area contributed by atoms with Crippen LogP contribution in [0.3, 0.4) is 0 Å². The quantitative estimate of drug-likeness (QED) is 0.251. The minimum atomic E-state index is -0.0110. The second-order valence-corrected chi connectivity index (χ2v) is 10.2. The first-order chi connectivity index (χ1) is 17.9. The Balaban J connectivity index is 1.33. The Labute approximate surface area is 208 Å². The van der Waals surface area contributed by atoms with Crippen molar-refractivity contribution < 1.29 is 4.74 Å². The molecule has 1 saturated heterocycles. The van der Waals surface area contributed by atoms with E-state index in [4.69, 9.17) is 4.74 Å². The molecule has 4 unspecified atom stereocenters. The molecule has 4 aromatic carbocycles. The van der Waals surface area contributed by atoms with Crippen LogP contribution in [-0.2, 0) is 4.74 Å². The number of rotatable bonds is 1. The molecule has 4 heteroatoms. The molecule has 3 aliphatic heterocycles. The van der Waals surface area contributed by atoms with Crippen LogP contribution >= 0.6 is 0 Å². The molecule has 2 N–H and O–H groups in total. The van der Waals surface area contributed by atoms with Crippen LogP contribution in [0, 0.1) is 0 Å². The van der Waals surface area contributed by atoms with E-state index in [1.54, 1.807) is 0 Å². The van der Waals surface area contributed by atoms with Crippen LogP contribution in [0.15, 0.2) is 103 Å². The molecule has 1 aliphatic carbocycles. The third-order valence-electron chi connectivity index (χ3n) is 8.32. The lowest BCUT2D eigenvalue weighted by molar-refractivity contribution is 0.387. The fraction of sp³-hybridized carbons (Fsp3) is 0.125. The SMILES string of the molecule is C1=CC2c3c(ccc4c3NC3OC3c3c-4ccc4[nH]c5ccccc5c34)N(c3ccccc3)C2C=C1. The third kappa shape index (κ3) is 2.37. The van der Waals surface area contributed by atoms with Gasteiger partial charge in [0.15, 0.2) is 6.23 Å². The van der Waals surface area contributed by atoms with E-state index in [-0.39, 0.29) is 24.3 Å². The molecule has 9 rings (SSSR count). The minimum absolute atomic E-state index is 0.0110. The molecule has 172 valence electrons. The Morgan fingerprint density at radius 2 is 1.56 bits per heavy atom. The lowest BCUT2D eigenvalue weighted by Crippen LogP contribution is -2.28. The fourth-order valence-electron chi connectivity index (χ4n) is 6.79. The fourth-order valence-corrected chi connectivity index (χ4v) is 6.79. The van der Waals surface area contributed by atoms with Gasteiger partial charge in [0.05, 0.1) is 11.7 Å². The van der Waals surface area contributed by atoms with Crippen molar-refractivity contribution in [2.75, 3.05) is 10.2 Å². The number of benzene rings is 4. The standard InChI is InChI=1S/C32H23N3O/c1-2-8-18(9-3-1)35-25-13-7-5-11-22(25)28-26(35)17-15-20-19-14-16-24-27(21-10-4-6-12-23(21)33-24)29(19)31-32(36-31)34-30(20)28/h1-17,22,25,31-34H. The van der Waals surface area contributed by atoms with E-state index >= 15 is 0 Å². The van der Waals surface area contributed by atoms with Crippen molar-refractivity contribution in [3.8, 4) is 11.1 Å². The van der Waals surface area contributed by atoms with Crippen molar-refractivity contribution in [2.24, 2.45) is 0 Å². The van der Waals surface area contributed by atoms with Crippen LogP contribution in [0.2, 0.25) is 0 Å². The highest BCUT2D eigenvalue weighted by Crippen LogP contribution is 2.58. The molecule has 1 fully saturated rings. The highest BCUT2D eigenvalue weighted by molar-refractivity contribution is 6.12. The Kier molecular flexibility index (Phi) is 3.52. The van der Waals surface area contributed by atoms with Crippen LogP contribution in [-0.4, -0.2) is 17.3 Å². The van der Waals surface area contributed by atoms with E-state index in [1.807, 2.05) is 0 Å². The molecular formula is C32H23N3O. The largest absolute Gasteiger partial charge is 0.357 e. The van der Waals surface area contributed by atoms with Gasteiger partial charge in [0.25, 0.3) is 0 Å². The smallest absolute Gasteiger partial charge is 0.159 e. The lowest BCUT2D eigenvalue weighted by atomic mass is 9.87. The number of nitrogens with one attached hydrogen (secondary N) is 2. The first-order valence-corrected chi connectivity index (χ1v) is 12.7. The van der Waals surface area contributed by atoms with E-state index in [2.05, 4.69) is 118 Å². The maximum Gasteiger partial charge on any atom is 0.159 e. The molecule has 4 heterocycles. The first kappa shape index (κ1) is 19.0. The molecule has 4 atom stereocenters. The minimum Gasteiger partial charge on any atom is -0.357 e. The van der Waals surface area contributed by atoms with E-state index in [1.165, 1.54) is 61.1 Å². The molecule has 0 saturated carbocycles. The van der Waals surface area contributed by atoms with Crippen LogP contribution in [0.25, 0.3) is 32.9 Å². The number of allylic oxidation sites excluding steroid dienone is 2. The number of aromatic nitrogens is 1. The number of epoxide rings is 1. The summed E-state index contributed by atoms with van der Waals surface area (Å²) in [4.78, 5) is 6.10. The Hall–Kier alpha value is -4.28. The van der Waals surface area contributed by atoms with E-state index in [0.29, 0.717) is 0 Å². The Morgan fingerprint density at radius 3 is 2.50 bits per heavy atom. The summed E-state index contributed by atoms with van der Waals surface area (Å²) in [5.41, 5.74) is 11.3. The number of anilines is 3. The number of hydrogen-bond donors (Lipinski definition) is 2. The highest BCUT2D eigenvalue weighted by atomic mass is 16.6. The summed E-state index contributed by atoms with van der Waals surface area (Å²) >= 11 is 0. The van der Waals surface area contributed by atoms with Gasteiger partial charge >= 0.3 is 0 Å². The molecular weight excluding hydrogens is 442 g/mol. The molecule has 0 spiro atoms. The average Bonchev–Trinajstić information content (AvgIpc) is 3.48. The van der Waals surface area contributed by atoms with Gasteiger partial charge < -0.3 is 19.9 Å². The molecule has 0 amide bonds. The molecule has 4 aliphatic rings. The van der Waals surface area contributed by atoms with Gasteiger partial charge in [-0.05, 0) is 35.9 Å². The third-order valence-corrected chi connectivity index (χ3v) is 8.32. The zero-order valence-electron chi connectivity index (χ0n) is 19.5. The normalized spacial score (nSPS) is 24.5. The first-order valence-electron chi connectivity index (χ1n) is 12.7. The zero-order valence-corrected chi connectivity index (χ0v) is 19.5. The summed E-state index contributed by atoms with van der Waals surface area (Å²) in [6.45, 7) is 0. The number of para-hydroxylation sites is 2. The van der Waals surface area contributed by atoms with E-state index in [0.717, 1.165) is 0 Å². The van der Waals surface area contributed by atoms with Crippen molar-refractivity contribution in [3.63, 3.8) is 0 Å². The van der Waals surface area contributed by atoms with Crippen LogP contribution < -0.4 is 10.2 Å². The maximum atomic E-state index is 6.30. The molecule has 36 heavy (non-hydrogen) atoms. The van der Waals surface area contributed by atoms with Gasteiger partial charge in [-0.1, -0.05) is 72.8 Å². The van der Waals surface area contributed by atoms with Gasteiger partial charge in [0.1, 0.15) is 6.10 Å². The lowest BCUT2D eigenvalue weighted by Gasteiger charge is -2.28. The summed E-state index contributed by atoms with van der Waals surface area (Å²) in [6.07, 6.45) is 9.10. The maximum absolute atomic E-state index is 6.30. The number of nitrogens with zero attached hydrogens (tertiary/aromatic N) is 1. The summed E-state index contributed by atoms with van der Waals surface area (Å²) < 4.78 is 6.30. The van der Waals surface area contributed by atoms with Crippen molar-refractivity contribution in [2.45, 2.75) is 24.3 Å². The van der Waals surface area contributed by atoms with Crippen molar-refractivity contribution in [1.29, 1.82) is 0 Å². The monoisotopic (exact) mass is 465 g/mol. The summed E-state index contributed by atoms with van der Waals surface area (Å²) in [6, 6.07) is 28.7. The van der Waals surface area contributed by atoms with Gasteiger partial charge in [-0.2, -0.15) is 0 Å². The number of fused-ring (bicyclic) bond motifs is 13. The molecule has 1 aromatic heterocycles. The van der Waals surface area contributed by atoms with Crippen molar-refractivity contribution in [1.82, 2.24) is 4.98 Å². The van der Waals surface area contributed by atoms with Gasteiger partial charge in [-0.25, -0.2) is 0 Å². The number of H-pyrrole nitrogens is 1. The van der Waals surface area contributed by atoms with Gasteiger partial charge in [0.2, 0.25) is 0 Å². The van der Waals surface area contributed by atoms with Crippen LogP contribution in [0.1, 0.15) is 23.1 Å².